The molecule has 1 atom stereocenters. The van der Waals surface area contributed by atoms with Crippen LogP contribution in [-0.2, 0) is 0 Å². The molecule has 84 valence electrons. The number of rotatable bonds is 3. The van der Waals surface area contributed by atoms with Gasteiger partial charge in [0.05, 0.1) is 5.02 Å². The molecule has 0 aliphatic carbocycles. The second-order valence-corrected chi connectivity index (χ2v) is 4.71. The van der Waals surface area contributed by atoms with Gasteiger partial charge < -0.3 is 15.9 Å². The van der Waals surface area contributed by atoms with Crippen LogP contribution in [0, 0.1) is 5.41 Å². The van der Waals surface area contributed by atoms with Crippen molar-refractivity contribution in [2.45, 2.75) is 19.9 Å². The number of hydrogen-bond acceptors (Lipinski definition) is 3. The molecular formula is C11H16ClNO2. The molecule has 0 bridgehead atoms. The summed E-state index contributed by atoms with van der Waals surface area (Å²) in [5.41, 5.74) is 6.03. The molecule has 0 aliphatic heterocycles. The lowest BCUT2D eigenvalue weighted by atomic mass is 9.81. The zero-order chi connectivity index (χ0) is 11.6. The molecule has 0 saturated heterocycles. The molecule has 0 heterocycles. The van der Waals surface area contributed by atoms with Gasteiger partial charge in [-0.05, 0) is 6.07 Å². The van der Waals surface area contributed by atoms with Crippen LogP contribution in [0.2, 0.25) is 5.02 Å². The maximum absolute atomic E-state index is 9.73. The molecule has 4 N–H and O–H groups in total. The third-order valence-corrected chi connectivity index (χ3v) is 2.91. The fourth-order valence-corrected chi connectivity index (χ4v) is 1.48. The van der Waals surface area contributed by atoms with E-state index in [9.17, 15) is 10.2 Å². The van der Waals surface area contributed by atoms with Gasteiger partial charge in [-0.2, -0.15) is 0 Å². The molecule has 0 spiro atoms. The Bertz CT molecular complexity index is 352. The number of para-hydroxylation sites is 1. The molecule has 4 heteroatoms. The van der Waals surface area contributed by atoms with Crippen LogP contribution in [0.25, 0.3) is 0 Å². The van der Waals surface area contributed by atoms with Gasteiger partial charge in [0, 0.05) is 23.6 Å². The summed E-state index contributed by atoms with van der Waals surface area (Å²) in [5.74, 6) is -0.00630. The van der Waals surface area contributed by atoms with E-state index in [-0.39, 0.29) is 17.4 Å². The van der Waals surface area contributed by atoms with E-state index in [1.807, 2.05) is 13.8 Å². The largest absolute Gasteiger partial charge is 0.506 e. The Morgan fingerprint density at radius 1 is 1.47 bits per heavy atom. The monoisotopic (exact) mass is 229 g/mol. The third-order valence-electron chi connectivity index (χ3n) is 2.60. The highest BCUT2D eigenvalue weighted by atomic mass is 35.5. The number of nitrogens with two attached hydrogens (primary N) is 1. The van der Waals surface area contributed by atoms with Crippen LogP contribution in [0.1, 0.15) is 25.5 Å². The highest BCUT2D eigenvalue weighted by Crippen LogP contribution is 2.38. The Balaban J connectivity index is 3.12. The van der Waals surface area contributed by atoms with Gasteiger partial charge in [-0.25, -0.2) is 0 Å². The highest BCUT2D eigenvalue weighted by molar-refractivity contribution is 6.32. The summed E-state index contributed by atoms with van der Waals surface area (Å²) >= 11 is 5.78. The van der Waals surface area contributed by atoms with E-state index in [0.717, 1.165) is 0 Å². The second-order valence-electron chi connectivity index (χ2n) is 4.30. The first-order chi connectivity index (χ1) is 6.90. The van der Waals surface area contributed by atoms with Crippen LogP contribution in [0.4, 0.5) is 0 Å². The molecule has 0 aliphatic rings. The first kappa shape index (κ1) is 12.3. The molecule has 0 saturated carbocycles. The number of aliphatic hydroxyl groups is 1. The summed E-state index contributed by atoms with van der Waals surface area (Å²) < 4.78 is 0. The summed E-state index contributed by atoms with van der Waals surface area (Å²) in [5, 5.41) is 19.2. The molecule has 15 heavy (non-hydrogen) atoms. The number of phenolic OH excluding ortho intramolecular Hbond substituents is 1. The van der Waals surface area contributed by atoms with E-state index in [0.29, 0.717) is 5.56 Å². The summed E-state index contributed by atoms with van der Waals surface area (Å²) in [6.45, 7) is 3.61. The molecule has 0 radical (unpaired) electrons. The van der Waals surface area contributed by atoms with Crippen LogP contribution >= 0.6 is 11.6 Å². The van der Waals surface area contributed by atoms with Crippen molar-refractivity contribution >= 4 is 11.6 Å². The summed E-state index contributed by atoms with van der Waals surface area (Å²) in [6.07, 6.45) is 0. The van der Waals surface area contributed by atoms with Crippen LogP contribution in [0.15, 0.2) is 18.2 Å². The lowest BCUT2D eigenvalue weighted by molar-refractivity contribution is 0.131. The first-order valence-corrected chi connectivity index (χ1v) is 5.12. The van der Waals surface area contributed by atoms with Crippen LogP contribution in [0.5, 0.6) is 5.75 Å². The molecule has 0 fully saturated rings. The zero-order valence-electron chi connectivity index (χ0n) is 8.87. The zero-order valence-corrected chi connectivity index (χ0v) is 9.62. The second kappa shape index (κ2) is 4.39. The normalized spacial score (nSPS) is 13.9. The van der Waals surface area contributed by atoms with Gasteiger partial charge in [0.25, 0.3) is 0 Å². The quantitative estimate of drug-likeness (QED) is 0.743. The van der Waals surface area contributed by atoms with Gasteiger partial charge in [0.1, 0.15) is 5.75 Å². The predicted molar refractivity (Wildman–Crippen MR) is 60.9 cm³/mol. The number of aliphatic hydroxyl groups excluding tert-OH is 1. The number of halogens is 1. The fraction of sp³-hybridized carbons (Fsp3) is 0.455. The highest BCUT2D eigenvalue weighted by Gasteiger charge is 2.29. The van der Waals surface area contributed by atoms with E-state index < -0.39 is 11.5 Å². The van der Waals surface area contributed by atoms with Gasteiger partial charge in [-0.3, -0.25) is 0 Å². The Hall–Kier alpha value is -0.770. The summed E-state index contributed by atoms with van der Waals surface area (Å²) in [7, 11) is 0. The van der Waals surface area contributed by atoms with E-state index in [1.165, 1.54) is 0 Å². The first-order valence-electron chi connectivity index (χ1n) is 4.74. The van der Waals surface area contributed by atoms with Crippen molar-refractivity contribution in [2.24, 2.45) is 11.1 Å². The van der Waals surface area contributed by atoms with Gasteiger partial charge in [0.2, 0.25) is 0 Å². The van der Waals surface area contributed by atoms with Crippen molar-refractivity contribution < 1.29 is 10.2 Å². The van der Waals surface area contributed by atoms with E-state index in [1.54, 1.807) is 18.2 Å². The van der Waals surface area contributed by atoms with Gasteiger partial charge in [0.15, 0.2) is 0 Å². The fourth-order valence-electron chi connectivity index (χ4n) is 1.30. The minimum atomic E-state index is -0.498. The number of phenols is 1. The van der Waals surface area contributed by atoms with Crippen molar-refractivity contribution in [3.8, 4) is 5.75 Å². The lowest BCUT2D eigenvalue weighted by Gasteiger charge is -2.30. The lowest BCUT2D eigenvalue weighted by Crippen LogP contribution is -2.32. The van der Waals surface area contributed by atoms with E-state index >= 15 is 0 Å². The Morgan fingerprint density at radius 2 is 2.07 bits per heavy atom. The Morgan fingerprint density at radius 3 is 2.60 bits per heavy atom. The maximum atomic E-state index is 9.73. The number of aromatic hydroxyl groups is 1. The number of hydrogen-bond donors (Lipinski definition) is 3. The SMILES string of the molecule is CC(C)(CO)[C@H](N)c1cccc(Cl)c1O. The molecule has 1 aromatic carbocycles. The molecule has 0 unspecified atom stereocenters. The van der Waals surface area contributed by atoms with Crippen LogP contribution in [0.3, 0.4) is 0 Å². The number of benzene rings is 1. The van der Waals surface area contributed by atoms with E-state index in [2.05, 4.69) is 0 Å². The predicted octanol–water partition coefficient (Wildman–Crippen LogP) is 2.06. The summed E-state index contributed by atoms with van der Waals surface area (Å²) in [6, 6.07) is 4.58. The van der Waals surface area contributed by atoms with Gasteiger partial charge in [-0.15, -0.1) is 0 Å². The van der Waals surface area contributed by atoms with Crippen molar-refractivity contribution in [1.29, 1.82) is 0 Å². The molecule has 3 nitrogen and oxygen atoms in total. The average molecular weight is 230 g/mol. The Labute approximate surface area is 94.5 Å². The molecular weight excluding hydrogens is 214 g/mol. The van der Waals surface area contributed by atoms with Crippen LogP contribution < -0.4 is 5.73 Å². The molecule has 1 rings (SSSR count). The Kier molecular flexibility index (Phi) is 3.60. The van der Waals surface area contributed by atoms with Gasteiger partial charge >= 0.3 is 0 Å². The average Bonchev–Trinajstić information content (AvgIpc) is 2.21. The summed E-state index contributed by atoms with van der Waals surface area (Å²) in [4.78, 5) is 0. The smallest absolute Gasteiger partial charge is 0.138 e. The minimum absolute atomic E-state index is 0.00630. The van der Waals surface area contributed by atoms with Crippen LogP contribution in [-0.4, -0.2) is 16.8 Å². The standard InChI is InChI=1S/C11H16ClNO2/c1-11(2,6-14)10(13)7-4-3-5-8(12)9(7)15/h3-5,10,14-15H,6,13H2,1-2H3/t10-/m1/s1. The van der Waals surface area contributed by atoms with E-state index in [4.69, 9.17) is 17.3 Å². The topological polar surface area (TPSA) is 66.5 Å². The van der Waals surface area contributed by atoms with Gasteiger partial charge in [-0.1, -0.05) is 37.6 Å². The molecule has 1 aromatic rings. The molecule has 0 amide bonds. The minimum Gasteiger partial charge on any atom is -0.506 e. The van der Waals surface area contributed by atoms with Crippen molar-refractivity contribution in [3.05, 3.63) is 28.8 Å². The third kappa shape index (κ3) is 2.43. The van der Waals surface area contributed by atoms with Crippen molar-refractivity contribution in [1.82, 2.24) is 0 Å². The van der Waals surface area contributed by atoms with Crippen molar-refractivity contribution in [3.63, 3.8) is 0 Å². The molecule has 0 aromatic heterocycles. The van der Waals surface area contributed by atoms with Crippen molar-refractivity contribution in [2.75, 3.05) is 6.61 Å². The maximum Gasteiger partial charge on any atom is 0.138 e.